The number of phenolic OH excluding ortho intramolecular Hbond substituents is 1. The monoisotopic (exact) mass is 370 g/mol. The summed E-state index contributed by atoms with van der Waals surface area (Å²) in [6, 6.07) is 7.61. The number of aromatic nitrogens is 3. The van der Waals surface area contributed by atoms with Gasteiger partial charge in [-0.3, -0.25) is 15.0 Å². The van der Waals surface area contributed by atoms with E-state index in [0.717, 1.165) is 34.6 Å². The Morgan fingerprint density at radius 3 is 2.96 bits per heavy atom. The number of aryl methyl sites for hydroxylation is 1. The molecule has 6 nitrogen and oxygen atoms in total. The van der Waals surface area contributed by atoms with Crippen LogP contribution in [0.3, 0.4) is 0 Å². The number of fused-ring (bicyclic) bond motifs is 1. The maximum atomic E-state index is 10.4. The van der Waals surface area contributed by atoms with Crippen molar-refractivity contribution in [2.24, 2.45) is 0 Å². The quantitative estimate of drug-likeness (QED) is 0.737. The van der Waals surface area contributed by atoms with E-state index in [0.29, 0.717) is 30.5 Å². The van der Waals surface area contributed by atoms with Gasteiger partial charge in [-0.15, -0.1) is 0 Å². The third-order valence-corrected chi connectivity index (χ3v) is 5.01. The average molecular weight is 371 g/mol. The van der Waals surface area contributed by atoms with Crippen molar-refractivity contribution in [2.45, 2.75) is 20.0 Å². The van der Waals surface area contributed by atoms with Gasteiger partial charge in [0.05, 0.1) is 16.4 Å². The SMILES string of the molecule is Cc1[nH]nc(CN2CCOc3c(O)cc(-c4cccnc4)cc3C2)c1Cl. The number of phenols is 1. The molecular formula is C19H19ClN4O2. The number of benzene rings is 1. The Hall–Kier alpha value is -2.57. The van der Waals surface area contributed by atoms with Crippen molar-refractivity contribution in [3.05, 3.63) is 58.6 Å². The molecule has 2 N–H and O–H groups in total. The van der Waals surface area contributed by atoms with Crippen LogP contribution in [0.15, 0.2) is 36.7 Å². The van der Waals surface area contributed by atoms with Gasteiger partial charge < -0.3 is 9.84 Å². The van der Waals surface area contributed by atoms with Crippen LogP contribution in [0, 0.1) is 6.92 Å². The summed E-state index contributed by atoms with van der Waals surface area (Å²) in [4.78, 5) is 6.36. The van der Waals surface area contributed by atoms with E-state index in [4.69, 9.17) is 16.3 Å². The summed E-state index contributed by atoms with van der Waals surface area (Å²) in [5.74, 6) is 0.696. The second-order valence-electron chi connectivity index (χ2n) is 6.39. The molecule has 3 heterocycles. The molecule has 0 radical (unpaired) electrons. The van der Waals surface area contributed by atoms with Gasteiger partial charge in [-0.25, -0.2) is 0 Å². The second kappa shape index (κ2) is 6.97. The predicted molar refractivity (Wildman–Crippen MR) is 99.3 cm³/mol. The molecule has 26 heavy (non-hydrogen) atoms. The summed E-state index contributed by atoms with van der Waals surface area (Å²) in [5, 5.41) is 18.3. The first-order valence-electron chi connectivity index (χ1n) is 8.42. The average Bonchev–Trinajstić information content (AvgIpc) is 2.85. The van der Waals surface area contributed by atoms with Crippen LogP contribution in [-0.2, 0) is 13.1 Å². The number of halogens is 1. The van der Waals surface area contributed by atoms with E-state index in [1.807, 2.05) is 25.1 Å². The molecule has 1 aliphatic heterocycles. The van der Waals surface area contributed by atoms with E-state index in [2.05, 4.69) is 20.1 Å². The lowest BCUT2D eigenvalue weighted by Crippen LogP contribution is -2.25. The van der Waals surface area contributed by atoms with Crippen LogP contribution < -0.4 is 4.74 Å². The fourth-order valence-corrected chi connectivity index (χ4v) is 3.32. The first-order chi connectivity index (χ1) is 12.6. The minimum absolute atomic E-state index is 0.150. The molecule has 0 aliphatic carbocycles. The van der Waals surface area contributed by atoms with Gasteiger partial charge in [0.25, 0.3) is 0 Å². The van der Waals surface area contributed by atoms with E-state index in [-0.39, 0.29) is 5.75 Å². The van der Waals surface area contributed by atoms with Gasteiger partial charge in [-0.05, 0) is 30.7 Å². The Morgan fingerprint density at radius 2 is 2.23 bits per heavy atom. The highest BCUT2D eigenvalue weighted by Crippen LogP contribution is 2.37. The number of hydrogen-bond acceptors (Lipinski definition) is 5. The largest absolute Gasteiger partial charge is 0.504 e. The molecule has 134 valence electrons. The molecule has 1 aliphatic rings. The Labute approximate surface area is 156 Å². The van der Waals surface area contributed by atoms with Crippen LogP contribution in [0.5, 0.6) is 11.5 Å². The zero-order valence-electron chi connectivity index (χ0n) is 14.4. The predicted octanol–water partition coefficient (Wildman–Crippen LogP) is 3.53. The third-order valence-electron chi connectivity index (χ3n) is 4.50. The lowest BCUT2D eigenvalue weighted by Gasteiger charge is -2.18. The highest BCUT2D eigenvalue weighted by atomic mass is 35.5. The number of H-pyrrole nitrogens is 1. The number of nitrogens with zero attached hydrogens (tertiary/aromatic N) is 3. The van der Waals surface area contributed by atoms with Crippen molar-refractivity contribution in [2.75, 3.05) is 13.2 Å². The first kappa shape index (κ1) is 16.9. The lowest BCUT2D eigenvalue weighted by molar-refractivity contribution is 0.215. The highest BCUT2D eigenvalue weighted by Gasteiger charge is 2.21. The zero-order chi connectivity index (χ0) is 18.1. The van der Waals surface area contributed by atoms with E-state index in [9.17, 15) is 5.11 Å². The van der Waals surface area contributed by atoms with Gasteiger partial charge in [0.1, 0.15) is 6.61 Å². The summed E-state index contributed by atoms with van der Waals surface area (Å²) in [7, 11) is 0. The number of pyridine rings is 1. The fraction of sp³-hybridized carbons (Fsp3) is 0.263. The molecule has 0 amide bonds. The van der Waals surface area contributed by atoms with Crippen molar-refractivity contribution in [3.63, 3.8) is 0 Å². The normalized spacial score (nSPS) is 14.5. The molecule has 0 unspecified atom stereocenters. The summed E-state index contributed by atoms with van der Waals surface area (Å²) < 4.78 is 5.81. The van der Waals surface area contributed by atoms with Crippen molar-refractivity contribution in [3.8, 4) is 22.6 Å². The number of aromatic amines is 1. The molecule has 3 aromatic rings. The van der Waals surface area contributed by atoms with E-state index in [1.54, 1.807) is 18.5 Å². The molecule has 0 saturated heterocycles. The van der Waals surface area contributed by atoms with Gasteiger partial charge in [-0.1, -0.05) is 17.7 Å². The van der Waals surface area contributed by atoms with Crippen LogP contribution in [0.2, 0.25) is 5.02 Å². The van der Waals surface area contributed by atoms with Crippen molar-refractivity contribution < 1.29 is 9.84 Å². The summed E-state index contributed by atoms with van der Waals surface area (Å²) in [5.41, 5.74) is 4.48. The molecule has 0 bridgehead atoms. The minimum Gasteiger partial charge on any atom is -0.504 e. The maximum Gasteiger partial charge on any atom is 0.165 e. The second-order valence-corrected chi connectivity index (χ2v) is 6.77. The van der Waals surface area contributed by atoms with Gasteiger partial charge in [0.15, 0.2) is 11.5 Å². The molecule has 0 spiro atoms. The number of ether oxygens (including phenoxy) is 1. The molecule has 7 heteroatoms. The van der Waals surface area contributed by atoms with Crippen LogP contribution in [0.1, 0.15) is 17.0 Å². The molecular weight excluding hydrogens is 352 g/mol. The molecule has 0 fully saturated rings. The Bertz CT molecular complexity index is 927. The van der Waals surface area contributed by atoms with E-state index < -0.39 is 0 Å². The summed E-state index contributed by atoms with van der Waals surface area (Å²) in [6.45, 7) is 4.37. The first-order valence-corrected chi connectivity index (χ1v) is 8.80. The number of aromatic hydroxyl groups is 1. The van der Waals surface area contributed by atoms with Gasteiger partial charge in [0.2, 0.25) is 0 Å². The van der Waals surface area contributed by atoms with Crippen LogP contribution in [0.4, 0.5) is 0 Å². The van der Waals surface area contributed by atoms with Gasteiger partial charge in [-0.2, -0.15) is 5.10 Å². The highest BCUT2D eigenvalue weighted by molar-refractivity contribution is 6.31. The maximum absolute atomic E-state index is 10.4. The summed E-state index contributed by atoms with van der Waals surface area (Å²) in [6.07, 6.45) is 3.51. The summed E-state index contributed by atoms with van der Waals surface area (Å²) >= 11 is 6.30. The number of nitrogens with one attached hydrogen (secondary N) is 1. The third kappa shape index (κ3) is 3.25. The topological polar surface area (TPSA) is 74.3 Å². The molecule has 4 rings (SSSR count). The number of rotatable bonds is 3. The smallest absolute Gasteiger partial charge is 0.165 e. The molecule has 2 aromatic heterocycles. The molecule has 0 atom stereocenters. The number of hydrogen-bond donors (Lipinski definition) is 2. The fourth-order valence-electron chi connectivity index (χ4n) is 3.17. The van der Waals surface area contributed by atoms with Gasteiger partial charge in [0, 0.05) is 43.2 Å². The Morgan fingerprint density at radius 1 is 1.35 bits per heavy atom. The van der Waals surface area contributed by atoms with Gasteiger partial charge >= 0.3 is 0 Å². The van der Waals surface area contributed by atoms with Crippen LogP contribution in [-0.4, -0.2) is 38.3 Å². The molecule has 0 saturated carbocycles. The van der Waals surface area contributed by atoms with Crippen molar-refractivity contribution in [1.29, 1.82) is 0 Å². The van der Waals surface area contributed by atoms with E-state index in [1.165, 1.54) is 0 Å². The Kier molecular flexibility index (Phi) is 4.53. The van der Waals surface area contributed by atoms with Crippen molar-refractivity contribution in [1.82, 2.24) is 20.1 Å². The lowest BCUT2D eigenvalue weighted by atomic mass is 10.0. The van der Waals surface area contributed by atoms with Crippen LogP contribution >= 0.6 is 11.6 Å². The van der Waals surface area contributed by atoms with Crippen LogP contribution in [0.25, 0.3) is 11.1 Å². The molecule has 1 aromatic carbocycles. The Balaban J connectivity index is 1.64. The van der Waals surface area contributed by atoms with Crippen molar-refractivity contribution >= 4 is 11.6 Å². The zero-order valence-corrected chi connectivity index (χ0v) is 15.1. The van der Waals surface area contributed by atoms with E-state index >= 15 is 0 Å². The minimum atomic E-state index is 0.150. The standard InChI is InChI=1S/C19H19ClN4O2/c1-12-18(20)16(23-22-12)11-24-5-6-26-19-15(10-24)7-14(8-17(19)25)13-3-2-4-21-9-13/h2-4,7-9,25H,5-6,10-11H2,1H3,(H,22,23).